The van der Waals surface area contributed by atoms with E-state index in [0.717, 1.165) is 6.42 Å². The van der Waals surface area contributed by atoms with Crippen LogP contribution in [0, 0.1) is 10.8 Å². The Kier molecular flexibility index (Phi) is 7.00. The molecule has 0 bridgehead atoms. The van der Waals surface area contributed by atoms with Gasteiger partial charge in [0.05, 0.1) is 75.8 Å². The number of hydrogen-bond donors (Lipinski definition) is 2. The molecule has 2 unspecified atom stereocenters. The van der Waals surface area contributed by atoms with Crippen LogP contribution < -0.4 is 11.5 Å². The lowest BCUT2D eigenvalue weighted by molar-refractivity contribution is -0.426. The van der Waals surface area contributed by atoms with Crippen LogP contribution in [0.15, 0.2) is 0 Å². The van der Waals surface area contributed by atoms with Crippen LogP contribution in [0.4, 0.5) is 0 Å². The Hall–Kier alpha value is -0.400. The minimum Gasteiger partial charge on any atom is -0.355 e. The Balaban J connectivity index is 1.38. The predicted molar refractivity (Wildman–Crippen MR) is 104 cm³/mol. The van der Waals surface area contributed by atoms with Crippen LogP contribution in [0.2, 0.25) is 0 Å². The van der Waals surface area contributed by atoms with Gasteiger partial charge >= 0.3 is 0 Å². The third-order valence-electron chi connectivity index (χ3n) is 6.49. The summed E-state index contributed by atoms with van der Waals surface area (Å²) in [5.74, 6) is -1.18. The van der Waals surface area contributed by atoms with Crippen LogP contribution in [0.1, 0.15) is 26.7 Å². The first-order chi connectivity index (χ1) is 14.5. The summed E-state index contributed by atoms with van der Waals surface area (Å²) < 4.78 is 47.4. The maximum Gasteiger partial charge on any atom is 0.236 e. The largest absolute Gasteiger partial charge is 0.355 e. The van der Waals surface area contributed by atoms with E-state index >= 15 is 0 Å². The highest BCUT2D eigenvalue weighted by molar-refractivity contribution is 4.96. The lowest BCUT2D eigenvalue weighted by Crippen LogP contribution is -2.69. The van der Waals surface area contributed by atoms with E-state index in [1.165, 1.54) is 0 Å². The van der Waals surface area contributed by atoms with Gasteiger partial charge < -0.3 is 49.4 Å². The molecule has 10 heteroatoms. The zero-order chi connectivity index (χ0) is 21.2. The van der Waals surface area contributed by atoms with Gasteiger partial charge in [-0.1, -0.05) is 13.8 Å². The van der Waals surface area contributed by atoms with Crippen molar-refractivity contribution in [2.45, 2.75) is 57.1 Å². The van der Waals surface area contributed by atoms with Crippen molar-refractivity contribution < 1.29 is 37.9 Å². The molecule has 10 nitrogen and oxygen atoms in total. The third-order valence-corrected chi connectivity index (χ3v) is 6.49. The molecule has 0 amide bonds. The van der Waals surface area contributed by atoms with Gasteiger partial charge in [0.2, 0.25) is 12.1 Å². The molecule has 30 heavy (non-hydrogen) atoms. The number of rotatable bonds is 5. The zero-order valence-electron chi connectivity index (χ0n) is 18.0. The summed E-state index contributed by atoms with van der Waals surface area (Å²) in [5, 5.41) is 0. The molecule has 0 aromatic carbocycles. The second kappa shape index (κ2) is 9.22. The van der Waals surface area contributed by atoms with Gasteiger partial charge in [-0.3, -0.25) is 0 Å². The van der Waals surface area contributed by atoms with Gasteiger partial charge in [-0.15, -0.1) is 0 Å². The normalized spacial score (nSPS) is 38.4. The van der Waals surface area contributed by atoms with Gasteiger partial charge in [0.15, 0.2) is 6.29 Å². The maximum atomic E-state index is 6.43. The van der Waals surface area contributed by atoms with Crippen LogP contribution in [0.5, 0.6) is 0 Å². The summed E-state index contributed by atoms with van der Waals surface area (Å²) in [6, 6.07) is -0.555. The summed E-state index contributed by atoms with van der Waals surface area (Å²) >= 11 is 0. The van der Waals surface area contributed by atoms with E-state index < -0.39 is 18.1 Å². The van der Waals surface area contributed by atoms with Crippen LogP contribution in [-0.2, 0) is 37.9 Å². The second-order valence-electron chi connectivity index (χ2n) is 9.14. The second-order valence-corrected chi connectivity index (χ2v) is 9.14. The van der Waals surface area contributed by atoms with E-state index in [1.54, 1.807) is 0 Å². The first-order valence-electron chi connectivity index (χ1n) is 10.9. The van der Waals surface area contributed by atoms with Crippen molar-refractivity contribution in [3.63, 3.8) is 0 Å². The average molecular weight is 433 g/mol. The minimum absolute atomic E-state index is 0.143. The highest BCUT2D eigenvalue weighted by atomic mass is 16.8. The van der Waals surface area contributed by atoms with E-state index in [1.807, 2.05) is 13.8 Å². The van der Waals surface area contributed by atoms with Gasteiger partial charge in [-0.05, 0) is 12.8 Å². The molecule has 4 fully saturated rings. The molecular formula is C20H36N2O8. The van der Waals surface area contributed by atoms with E-state index in [-0.39, 0.29) is 23.2 Å². The molecule has 0 saturated carbocycles. The average Bonchev–Trinajstić information content (AvgIpc) is 2.80. The minimum atomic E-state index is -1.18. The number of nitrogens with two attached hydrogens (primary N) is 2. The van der Waals surface area contributed by atoms with Crippen molar-refractivity contribution in [3.05, 3.63) is 0 Å². The highest BCUT2D eigenvalue weighted by Crippen LogP contribution is 2.41. The molecule has 4 saturated heterocycles. The Labute approximate surface area is 177 Å². The first kappa shape index (κ1) is 22.8. The molecule has 2 spiro atoms. The van der Waals surface area contributed by atoms with Gasteiger partial charge in [0, 0.05) is 0 Å². The zero-order valence-corrected chi connectivity index (χ0v) is 18.0. The van der Waals surface area contributed by atoms with E-state index in [4.69, 9.17) is 49.4 Å². The molecule has 4 heterocycles. The van der Waals surface area contributed by atoms with E-state index in [0.29, 0.717) is 66.1 Å². The van der Waals surface area contributed by atoms with Gasteiger partial charge in [0.25, 0.3) is 0 Å². The third kappa shape index (κ3) is 4.27. The monoisotopic (exact) mass is 432 g/mol. The summed E-state index contributed by atoms with van der Waals surface area (Å²) in [6.07, 6.45) is 0.309. The van der Waals surface area contributed by atoms with Gasteiger partial charge in [-0.25, -0.2) is 0 Å². The number of hydrogen-bond acceptors (Lipinski definition) is 10. The Morgan fingerprint density at radius 1 is 0.733 bits per heavy atom. The molecule has 4 rings (SSSR count). The van der Waals surface area contributed by atoms with Crippen molar-refractivity contribution >= 4 is 0 Å². The lowest BCUT2D eigenvalue weighted by atomic mass is 9.88. The molecular weight excluding hydrogens is 396 g/mol. The molecule has 0 aromatic rings. The van der Waals surface area contributed by atoms with Crippen LogP contribution in [0.3, 0.4) is 0 Å². The van der Waals surface area contributed by atoms with Crippen LogP contribution in [-0.4, -0.2) is 90.1 Å². The standard InChI is InChI=1S/C20H36N2O8/c1-3-14(21)16-25-7-19(8-26-16)9-27-17(28-10-19)20(15(22)4-2)29-11-18(12-30-20)5-23-13-24-6-18/h14-17H,3-13,21-22H2,1-2H3. The fourth-order valence-corrected chi connectivity index (χ4v) is 4.25. The molecule has 4 aliphatic heterocycles. The molecule has 0 aliphatic carbocycles. The fourth-order valence-electron chi connectivity index (χ4n) is 4.25. The van der Waals surface area contributed by atoms with Crippen LogP contribution >= 0.6 is 0 Å². The van der Waals surface area contributed by atoms with E-state index in [2.05, 4.69) is 0 Å². The molecule has 0 aromatic heterocycles. The quantitative estimate of drug-likeness (QED) is 0.609. The summed E-state index contributed by atoms with van der Waals surface area (Å²) in [6.45, 7) is 7.86. The Morgan fingerprint density at radius 2 is 1.27 bits per heavy atom. The number of ether oxygens (including phenoxy) is 8. The molecule has 2 atom stereocenters. The molecule has 4 N–H and O–H groups in total. The van der Waals surface area contributed by atoms with Gasteiger partial charge in [0.1, 0.15) is 6.79 Å². The Morgan fingerprint density at radius 3 is 1.80 bits per heavy atom. The highest BCUT2D eigenvalue weighted by Gasteiger charge is 2.57. The van der Waals surface area contributed by atoms with Crippen LogP contribution in [0.25, 0.3) is 0 Å². The molecule has 0 radical (unpaired) electrons. The first-order valence-corrected chi connectivity index (χ1v) is 10.9. The summed E-state index contributed by atoms with van der Waals surface area (Å²) in [5.41, 5.74) is 11.8. The smallest absolute Gasteiger partial charge is 0.236 e. The Bertz CT molecular complexity index is 545. The SMILES string of the molecule is CCC(N)C1OCC2(CO1)COC(C1(C(N)CC)OCC3(COCOC3)CO1)OC2. The van der Waals surface area contributed by atoms with Crippen molar-refractivity contribution in [1.29, 1.82) is 0 Å². The van der Waals surface area contributed by atoms with Crippen molar-refractivity contribution in [1.82, 2.24) is 0 Å². The lowest BCUT2D eigenvalue weighted by Gasteiger charge is -2.53. The maximum absolute atomic E-state index is 6.43. The summed E-state index contributed by atoms with van der Waals surface area (Å²) in [4.78, 5) is 0. The van der Waals surface area contributed by atoms with Gasteiger partial charge in [-0.2, -0.15) is 0 Å². The summed E-state index contributed by atoms with van der Waals surface area (Å²) in [7, 11) is 0. The molecule has 174 valence electrons. The topological polar surface area (TPSA) is 126 Å². The molecule has 4 aliphatic rings. The predicted octanol–water partition coefficient (Wildman–Crippen LogP) is -0.0730. The van der Waals surface area contributed by atoms with Crippen molar-refractivity contribution in [3.8, 4) is 0 Å². The van der Waals surface area contributed by atoms with E-state index in [9.17, 15) is 0 Å². The van der Waals surface area contributed by atoms with Crippen molar-refractivity contribution in [2.75, 3.05) is 59.6 Å². The fraction of sp³-hybridized carbons (Fsp3) is 1.00. The van der Waals surface area contributed by atoms with Crippen molar-refractivity contribution in [2.24, 2.45) is 22.3 Å².